The molecule has 0 spiro atoms. The molecule has 0 aliphatic carbocycles. The van der Waals surface area contributed by atoms with Crippen LogP contribution in [0.5, 0.6) is 0 Å². The lowest BCUT2D eigenvalue weighted by Gasteiger charge is -2.32. The average Bonchev–Trinajstić information content (AvgIpc) is 2.77. The van der Waals surface area contributed by atoms with Gasteiger partial charge < -0.3 is 10.2 Å². The van der Waals surface area contributed by atoms with Crippen LogP contribution in [0.2, 0.25) is 5.02 Å². The molecule has 1 unspecified atom stereocenters. The summed E-state index contributed by atoms with van der Waals surface area (Å²) in [6.07, 6.45) is 1.44. The molecule has 1 aromatic heterocycles. The number of anilines is 2. The monoisotopic (exact) mass is 428 g/mol. The normalized spacial score (nSPS) is 16.4. The third-order valence-electron chi connectivity index (χ3n) is 5.09. The van der Waals surface area contributed by atoms with Gasteiger partial charge >= 0.3 is 0 Å². The molecule has 30 heavy (non-hydrogen) atoms. The molecule has 1 atom stereocenters. The van der Waals surface area contributed by atoms with Crippen molar-refractivity contribution in [3.8, 4) is 11.3 Å². The minimum absolute atomic E-state index is 0.149. The van der Waals surface area contributed by atoms with Gasteiger partial charge in [0.05, 0.1) is 17.3 Å². The van der Waals surface area contributed by atoms with Crippen molar-refractivity contribution in [2.24, 2.45) is 5.92 Å². The summed E-state index contributed by atoms with van der Waals surface area (Å²) in [5.74, 6) is -1.30. The third kappa shape index (κ3) is 4.57. The van der Waals surface area contributed by atoms with Gasteiger partial charge in [-0.1, -0.05) is 23.7 Å². The van der Waals surface area contributed by atoms with Gasteiger partial charge in [0.15, 0.2) is 5.82 Å². The molecular formula is C22H19ClF2N4O. The van der Waals surface area contributed by atoms with Crippen molar-refractivity contribution in [2.45, 2.75) is 12.8 Å². The number of aromatic nitrogens is 2. The molecule has 154 valence electrons. The lowest BCUT2D eigenvalue weighted by Crippen LogP contribution is -2.41. The summed E-state index contributed by atoms with van der Waals surface area (Å²) in [5.41, 5.74) is 1.49. The van der Waals surface area contributed by atoms with Crippen LogP contribution in [0.4, 0.5) is 20.3 Å². The van der Waals surface area contributed by atoms with Gasteiger partial charge in [-0.05, 0) is 49.2 Å². The minimum atomic E-state index is -0.666. The minimum Gasteiger partial charge on any atom is -0.354 e. The van der Waals surface area contributed by atoms with E-state index in [1.807, 2.05) is 29.2 Å². The highest BCUT2D eigenvalue weighted by molar-refractivity contribution is 6.30. The first-order valence-corrected chi connectivity index (χ1v) is 9.98. The number of piperidine rings is 1. The molecule has 1 amide bonds. The molecule has 8 heteroatoms. The van der Waals surface area contributed by atoms with E-state index >= 15 is 0 Å². The summed E-state index contributed by atoms with van der Waals surface area (Å²) >= 11 is 5.92. The topological polar surface area (TPSA) is 58.1 Å². The van der Waals surface area contributed by atoms with Crippen molar-refractivity contribution in [1.82, 2.24) is 10.2 Å². The number of hydrogen-bond acceptors (Lipinski definition) is 4. The van der Waals surface area contributed by atoms with Crippen molar-refractivity contribution in [2.75, 3.05) is 23.3 Å². The number of nitrogens with one attached hydrogen (secondary N) is 1. The second kappa shape index (κ2) is 8.75. The summed E-state index contributed by atoms with van der Waals surface area (Å²) in [4.78, 5) is 14.6. The quantitative estimate of drug-likeness (QED) is 0.640. The Kier molecular flexibility index (Phi) is 5.90. The number of nitrogens with zero attached hydrogens (tertiary/aromatic N) is 3. The zero-order chi connectivity index (χ0) is 21.1. The van der Waals surface area contributed by atoms with Crippen LogP contribution in [-0.4, -0.2) is 29.2 Å². The van der Waals surface area contributed by atoms with Crippen LogP contribution in [0.1, 0.15) is 12.8 Å². The van der Waals surface area contributed by atoms with E-state index in [1.165, 1.54) is 0 Å². The number of benzene rings is 2. The van der Waals surface area contributed by atoms with E-state index in [0.717, 1.165) is 42.4 Å². The first kappa shape index (κ1) is 20.2. The molecule has 1 aliphatic heterocycles. The van der Waals surface area contributed by atoms with E-state index in [0.29, 0.717) is 23.8 Å². The first-order valence-electron chi connectivity index (χ1n) is 9.60. The molecule has 2 aromatic carbocycles. The maximum atomic E-state index is 13.8. The van der Waals surface area contributed by atoms with Gasteiger partial charge in [-0.3, -0.25) is 4.79 Å². The van der Waals surface area contributed by atoms with Gasteiger partial charge in [-0.15, -0.1) is 10.2 Å². The molecular weight excluding hydrogens is 410 g/mol. The average molecular weight is 429 g/mol. The Bertz CT molecular complexity index is 1040. The summed E-state index contributed by atoms with van der Waals surface area (Å²) < 4.78 is 27.2. The van der Waals surface area contributed by atoms with Crippen LogP contribution in [0.3, 0.4) is 0 Å². The molecule has 1 N–H and O–H groups in total. The fourth-order valence-electron chi connectivity index (χ4n) is 3.50. The van der Waals surface area contributed by atoms with Gasteiger partial charge in [0, 0.05) is 29.7 Å². The standard InChI is InChI=1S/C22H19ClF2N4O/c23-16-5-3-14(4-6-16)19-9-10-21(28-27-19)29-11-1-2-15(13-29)22(30)26-20-12-17(24)7-8-18(20)25/h3-10,12,15H,1-2,11,13H2,(H,26,30). The molecule has 5 nitrogen and oxygen atoms in total. The van der Waals surface area contributed by atoms with Crippen LogP contribution >= 0.6 is 11.6 Å². The summed E-state index contributed by atoms with van der Waals surface area (Å²) in [5, 5.41) is 11.7. The SMILES string of the molecule is O=C(Nc1cc(F)ccc1F)C1CCCN(c2ccc(-c3ccc(Cl)cc3)nn2)C1. The zero-order valence-corrected chi connectivity index (χ0v) is 16.7. The van der Waals surface area contributed by atoms with E-state index in [4.69, 9.17) is 11.6 Å². The van der Waals surface area contributed by atoms with Gasteiger partial charge in [0.1, 0.15) is 11.6 Å². The molecule has 0 bridgehead atoms. The molecule has 1 saturated heterocycles. The van der Waals surface area contributed by atoms with E-state index < -0.39 is 11.6 Å². The lowest BCUT2D eigenvalue weighted by atomic mass is 9.97. The summed E-state index contributed by atoms with van der Waals surface area (Å²) in [7, 11) is 0. The number of hydrogen-bond donors (Lipinski definition) is 1. The van der Waals surface area contributed by atoms with Gasteiger partial charge in [0.25, 0.3) is 0 Å². The van der Waals surface area contributed by atoms with Gasteiger partial charge in [-0.25, -0.2) is 8.78 Å². The lowest BCUT2D eigenvalue weighted by molar-refractivity contribution is -0.120. The first-order chi connectivity index (χ1) is 14.5. The predicted molar refractivity (Wildman–Crippen MR) is 112 cm³/mol. The van der Waals surface area contributed by atoms with Crippen molar-refractivity contribution in [1.29, 1.82) is 0 Å². The Hall–Kier alpha value is -3.06. The molecule has 1 fully saturated rings. The highest BCUT2D eigenvalue weighted by Gasteiger charge is 2.27. The number of carbonyl (C=O) groups is 1. The van der Waals surface area contributed by atoms with E-state index in [2.05, 4.69) is 15.5 Å². The van der Waals surface area contributed by atoms with Crippen molar-refractivity contribution in [3.05, 3.63) is 71.3 Å². The Labute approximate surface area is 177 Å². The summed E-state index contributed by atoms with van der Waals surface area (Å²) in [6, 6.07) is 14.1. The zero-order valence-electron chi connectivity index (χ0n) is 16.0. The Morgan fingerprint density at radius 1 is 1.07 bits per heavy atom. The van der Waals surface area contributed by atoms with Crippen LogP contribution in [0, 0.1) is 17.6 Å². The highest BCUT2D eigenvalue weighted by Crippen LogP contribution is 2.25. The largest absolute Gasteiger partial charge is 0.354 e. The fraction of sp³-hybridized carbons (Fsp3) is 0.227. The maximum Gasteiger partial charge on any atom is 0.229 e. The predicted octanol–water partition coefficient (Wildman–Crippen LogP) is 4.93. The smallest absolute Gasteiger partial charge is 0.229 e. The van der Waals surface area contributed by atoms with Crippen LogP contribution in [0.15, 0.2) is 54.6 Å². The van der Waals surface area contributed by atoms with Crippen molar-refractivity contribution < 1.29 is 13.6 Å². The van der Waals surface area contributed by atoms with Gasteiger partial charge in [0.2, 0.25) is 5.91 Å². The third-order valence-corrected chi connectivity index (χ3v) is 5.34. The Morgan fingerprint density at radius 2 is 1.87 bits per heavy atom. The highest BCUT2D eigenvalue weighted by atomic mass is 35.5. The van der Waals surface area contributed by atoms with Crippen molar-refractivity contribution in [3.63, 3.8) is 0 Å². The van der Waals surface area contributed by atoms with Crippen LogP contribution in [-0.2, 0) is 4.79 Å². The number of halogens is 3. The number of amides is 1. The fourth-order valence-corrected chi connectivity index (χ4v) is 3.62. The molecule has 1 aliphatic rings. The molecule has 2 heterocycles. The number of rotatable bonds is 4. The van der Waals surface area contributed by atoms with E-state index in [9.17, 15) is 13.6 Å². The van der Waals surface area contributed by atoms with E-state index in [1.54, 1.807) is 12.1 Å². The molecule has 3 aromatic rings. The van der Waals surface area contributed by atoms with Crippen molar-refractivity contribution >= 4 is 29.0 Å². The van der Waals surface area contributed by atoms with Crippen LogP contribution < -0.4 is 10.2 Å². The second-order valence-corrected chi connectivity index (χ2v) is 7.62. The molecule has 4 rings (SSSR count). The maximum absolute atomic E-state index is 13.8. The Balaban J connectivity index is 1.43. The molecule has 0 saturated carbocycles. The molecule has 0 radical (unpaired) electrons. The van der Waals surface area contributed by atoms with Gasteiger partial charge in [-0.2, -0.15) is 0 Å². The summed E-state index contributed by atoms with van der Waals surface area (Å²) in [6.45, 7) is 1.17. The van der Waals surface area contributed by atoms with E-state index in [-0.39, 0.29) is 17.5 Å². The second-order valence-electron chi connectivity index (χ2n) is 7.18. The van der Waals surface area contributed by atoms with Crippen LogP contribution in [0.25, 0.3) is 11.3 Å². The Morgan fingerprint density at radius 3 is 2.60 bits per heavy atom. The number of carbonyl (C=O) groups excluding carboxylic acids is 1.